The van der Waals surface area contributed by atoms with Gasteiger partial charge in [-0.1, -0.05) is 0 Å². The van der Waals surface area contributed by atoms with Crippen LogP contribution < -0.4 is 5.73 Å². The van der Waals surface area contributed by atoms with Crippen LogP contribution in [0.4, 0.5) is 5.95 Å². The molecule has 0 aliphatic heterocycles. The molecular formula is C14H16N4. The van der Waals surface area contributed by atoms with Crippen LogP contribution in [0, 0.1) is 0 Å². The van der Waals surface area contributed by atoms with Crippen molar-refractivity contribution < 1.29 is 0 Å². The van der Waals surface area contributed by atoms with Gasteiger partial charge in [-0.05, 0) is 39.0 Å². The van der Waals surface area contributed by atoms with Crippen molar-refractivity contribution in [3.63, 3.8) is 0 Å². The fourth-order valence-electron chi connectivity index (χ4n) is 2.31. The average Bonchev–Trinajstić information content (AvgIpc) is 2.72. The molecule has 3 rings (SSSR count). The van der Waals surface area contributed by atoms with Gasteiger partial charge in [0.15, 0.2) is 0 Å². The molecule has 0 spiro atoms. The monoisotopic (exact) mass is 240 g/mol. The van der Waals surface area contributed by atoms with E-state index in [0.29, 0.717) is 5.95 Å². The lowest BCUT2D eigenvalue weighted by Gasteiger charge is -2.22. The van der Waals surface area contributed by atoms with E-state index >= 15 is 0 Å². The summed E-state index contributed by atoms with van der Waals surface area (Å²) in [5.41, 5.74) is 7.82. The molecule has 4 nitrogen and oxygen atoms in total. The summed E-state index contributed by atoms with van der Waals surface area (Å²) in [5, 5.41) is 2.14. The van der Waals surface area contributed by atoms with Crippen molar-refractivity contribution in [1.82, 2.24) is 14.5 Å². The smallest absolute Gasteiger partial charge is 0.220 e. The number of fused-ring (bicyclic) bond motifs is 3. The summed E-state index contributed by atoms with van der Waals surface area (Å²) in [6.07, 6.45) is 3.87. The zero-order valence-electron chi connectivity index (χ0n) is 10.8. The second kappa shape index (κ2) is 3.45. The molecule has 0 atom stereocenters. The highest BCUT2D eigenvalue weighted by molar-refractivity contribution is 6.04. The number of nitrogen functional groups attached to an aromatic ring is 1. The molecule has 0 saturated carbocycles. The van der Waals surface area contributed by atoms with Crippen LogP contribution >= 0.6 is 0 Å². The summed E-state index contributed by atoms with van der Waals surface area (Å²) in [5.74, 6) is 0.318. The zero-order valence-corrected chi connectivity index (χ0v) is 10.8. The van der Waals surface area contributed by atoms with Gasteiger partial charge in [0.1, 0.15) is 0 Å². The van der Waals surface area contributed by atoms with Crippen molar-refractivity contribution in [2.45, 2.75) is 26.3 Å². The molecule has 0 unspecified atom stereocenters. The summed E-state index contributed by atoms with van der Waals surface area (Å²) in [4.78, 5) is 8.38. The van der Waals surface area contributed by atoms with Crippen molar-refractivity contribution in [1.29, 1.82) is 0 Å². The lowest BCUT2D eigenvalue weighted by atomic mass is 10.1. The Bertz CT molecular complexity index is 734. The highest BCUT2D eigenvalue weighted by atomic mass is 15.0. The Morgan fingerprint density at radius 2 is 1.94 bits per heavy atom. The first kappa shape index (κ1) is 11.0. The molecule has 3 aromatic rings. The van der Waals surface area contributed by atoms with Crippen LogP contribution in [0.1, 0.15) is 20.8 Å². The lowest BCUT2D eigenvalue weighted by Crippen LogP contribution is -2.20. The molecular weight excluding hydrogens is 224 g/mol. The first-order valence-electron chi connectivity index (χ1n) is 5.99. The highest BCUT2D eigenvalue weighted by Crippen LogP contribution is 2.28. The van der Waals surface area contributed by atoms with E-state index in [1.165, 1.54) is 5.52 Å². The van der Waals surface area contributed by atoms with Gasteiger partial charge in [-0.3, -0.25) is 0 Å². The van der Waals surface area contributed by atoms with Gasteiger partial charge in [0.25, 0.3) is 0 Å². The van der Waals surface area contributed by atoms with E-state index in [1.807, 2.05) is 6.07 Å². The summed E-state index contributed by atoms with van der Waals surface area (Å²) < 4.78 is 2.25. The minimum Gasteiger partial charge on any atom is -0.368 e. The molecule has 0 bridgehead atoms. The van der Waals surface area contributed by atoms with E-state index in [2.05, 4.69) is 53.6 Å². The van der Waals surface area contributed by atoms with Gasteiger partial charge < -0.3 is 10.3 Å². The Balaban J connectivity index is 2.43. The van der Waals surface area contributed by atoms with E-state index in [-0.39, 0.29) is 5.54 Å². The summed E-state index contributed by atoms with van der Waals surface area (Å²) in [6.45, 7) is 6.56. The molecule has 4 heteroatoms. The van der Waals surface area contributed by atoms with Gasteiger partial charge in [0, 0.05) is 28.7 Å². The first-order chi connectivity index (χ1) is 8.47. The second-order valence-corrected chi connectivity index (χ2v) is 5.52. The van der Waals surface area contributed by atoms with Crippen LogP contribution in [0.3, 0.4) is 0 Å². The number of aromatic nitrogens is 3. The van der Waals surface area contributed by atoms with Crippen LogP contribution in [0.25, 0.3) is 21.8 Å². The normalized spacial score (nSPS) is 12.4. The van der Waals surface area contributed by atoms with Crippen LogP contribution in [0.15, 0.2) is 30.6 Å². The van der Waals surface area contributed by atoms with Crippen molar-refractivity contribution in [3.05, 3.63) is 30.6 Å². The fourth-order valence-corrected chi connectivity index (χ4v) is 2.31. The summed E-state index contributed by atoms with van der Waals surface area (Å²) >= 11 is 0. The second-order valence-electron chi connectivity index (χ2n) is 5.52. The fraction of sp³-hybridized carbons (Fsp3) is 0.286. The lowest BCUT2D eigenvalue weighted by molar-refractivity contribution is 0.411. The predicted octanol–water partition coefficient (Wildman–Crippen LogP) is 2.92. The molecule has 0 aliphatic carbocycles. The van der Waals surface area contributed by atoms with E-state index in [0.717, 1.165) is 16.3 Å². The van der Waals surface area contributed by atoms with E-state index in [9.17, 15) is 0 Å². The number of nitrogens with two attached hydrogens (primary N) is 1. The Labute approximate surface area is 105 Å². The van der Waals surface area contributed by atoms with Crippen molar-refractivity contribution in [3.8, 4) is 0 Å². The Morgan fingerprint density at radius 3 is 2.67 bits per heavy atom. The molecule has 1 aromatic carbocycles. The predicted molar refractivity (Wildman–Crippen MR) is 74.4 cm³/mol. The maximum atomic E-state index is 5.68. The number of rotatable bonds is 0. The molecule has 2 N–H and O–H groups in total. The third-order valence-electron chi connectivity index (χ3n) is 3.16. The molecule has 2 aromatic heterocycles. The molecule has 0 amide bonds. The maximum absolute atomic E-state index is 5.68. The molecule has 92 valence electrons. The van der Waals surface area contributed by atoms with Crippen LogP contribution in [-0.2, 0) is 5.54 Å². The standard InChI is InChI=1S/C14H16N4/c1-14(2,3)18-7-6-10-11(18)5-4-9-8-16-13(15)17-12(9)10/h4-8H,1-3H3,(H2,15,16,17). The van der Waals surface area contributed by atoms with Crippen molar-refractivity contribution in [2.24, 2.45) is 0 Å². The molecule has 0 radical (unpaired) electrons. The largest absolute Gasteiger partial charge is 0.368 e. The molecule has 2 heterocycles. The van der Waals surface area contributed by atoms with Crippen molar-refractivity contribution in [2.75, 3.05) is 5.73 Å². The average molecular weight is 240 g/mol. The van der Waals surface area contributed by atoms with Gasteiger partial charge in [0.05, 0.1) is 11.0 Å². The number of benzene rings is 1. The number of anilines is 1. The van der Waals surface area contributed by atoms with Crippen LogP contribution in [0.5, 0.6) is 0 Å². The van der Waals surface area contributed by atoms with E-state index in [1.54, 1.807) is 6.20 Å². The highest BCUT2D eigenvalue weighted by Gasteiger charge is 2.16. The quantitative estimate of drug-likeness (QED) is 0.657. The summed E-state index contributed by atoms with van der Waals surface area (Å²) in [6, 6.07) is 6.25. The number of hydrogen-bond donors (Lipinski definition) is 1. The van der Waals surface area contributed by atoms with Crippen molar-refractivity contribution >= 4 is 27.8 Å². The third kappa shape index (κ3) is 1.53. The first-order valence-corrected chi connectivity index (χ1v) is 5.99. The Morgan fingerprint density at radius 1 is 1.17 bits per heavy atom. The van der Waals surface area contributed by atoms with Crippen LogP contribution in [0.2, 0.25) is 0 Å². The Kier molecular flexibility index (Phi) is 2.11. The molecule has 18 heavy (non-hydrogen) atoms. The van der Waals surface area contributed by atoms with Gasteiger partial charge in [-0.25, -0.2) is 9.97 Å². The maximum Gasteiger partial charge on any atom is 0.220 e. The van der Waals surface area contributed by atoms with Gasteiger partial charge in [-0.2, -0.15) is 0 Å². The zero-order chi connectivity index (χ0) is 12.9. The summed E-state index contributed by atoms with van der Waals surface area (Å²) in [7, 11) is 0. The SMILES string of the molecule is CC(C)(C)n1ccc2c3nc(N)ncc3ccc21. The van der Waals surface area contributed by atoms with E-state index in [4.69, 9.17) is 5.73 Å². The van der Waals surface area contributed by atoms with Gasteiger partial charge in [0.2, 0.25) is 5.95 Å². The van der Waals surface area contributed by atoms with Crippen LogP contribution in [-0.4, -0.2) is 14.5 Å². The third-order valence-corrected chi connectivity index (χ3v) is 3.16. The molecule has 0 saturated heterocycles. The minimum absolute atomic E-state index is 0.0496. The molecule has 0 fully saturated rings. The Hall–Kier alpha value is -2.10. The topological polar surface area (TPSA) is 56.7 Å². The minimum atomic E-state index is 0.0496. The number of nitrogens with zero attached hydrogens (tertiary/aromatic N) is 3. The van der Waals surface area contributed by atoms with Gasteiger partial charge >= 0.3 is 0 Å². The van der Waals surface area contributed by atoms with Gasteiger partial charge in [-0.15, -0.1) is 0 Å². The number of hydrogen-bond acceptors (Lipinski definition) is 3. The molecule has 0 aliphatic rings. The van der Waals surface area contributed by atoms with E-state index < -0.39 is 0 Å².